The number of aliphatic hydroxyl groups is 1. The number of aliphatic hydroxyl groups excluding tert-OH is 1. The molecule has 1 unspecified atom stereocenters. The Labute approximate surface area is 179 Å². The smallest absolute Gasteiger partial charge is 0.130 e. The number of hydrogen-bond acceptors (Lipinski definition) is 3. The highest BCUT2D eigenvalue weighted by atomic mass is 16.5. The molecular weight excluding hydrogens is 360 g/mol. The van der Waals surface area contributed by atoms with Crippen molar-refractivity contribution in [2.75, 3.05) is 13.2 Å². The number of rotatable bonds is 19. The lowest BCUT2D eigenvalue weighted by Gasteiger charge is -2.13. The van der Waals surface area contributed by atoms with Crippen LogP contribution in [0, 0.1) is 5.92 Å². The van der Waals surface area contributed by atoms with Crippen molar-refractivity contribution in [3.05, 3.63) is 29.8 Å². The van der Waals surface area contributed by atoms with E-state index in [1.807, 2.05) is 24.3 Å². The molecule has 3 nitrogen and oxygen atoms in total. The summed E-state index contributed by atoms with van der Waals surface area (Å²) in [5.74, 6) is 1.05. The molecule has 0 spiro atoms. The minimum atomic E-state index is 0.0142. The van der Waals surface area contributed by atoms with E-state index in [1.165, 1.54) is 70.6 Å². The first kappa shape index (κ1) is 25.7. The molecule has 29 heavy (non-hydrogen) atoms. The second-order valence-corrected chi connectivity index (χ2v) is 8.54. The summed E-state index contributed by atoms with van der Waals surface area (Å²) < 4.78 is 5.85. The van der Waals surface area contributed by atoms with Gasteiger partial charge in [0.05, 0.1) is 6.61 Å². The van der Waals surface area contributed by atoms with Crippen LogP contribution in [0.5, 0.6) is 5.75 Å². The van der Waals surface area contributed by atoms with Gasteiger partial charge in [-0.3, -0.25) is 0 Å². The molecule has 1 atom stereocenters. The Morgan fingerprint density at radius 3 is 1.86 bits per heavy atom. The summed E-state index contributed by atoms with van der Waals surface area (Å²) >= 11 is 0. The molecule has 1 aromatic rings. The van der Waals surface area contributed by atoms with E-state index in [0.29, 0.717) is 6.42 Å². The maximum atomic E-state index is 11.2. The lowest BCUT2D eigenvalue weighted by molar-refractivity contribution is -0.118. The van der Waals surface area contributed by atoms with Gasteiger partial charge in [0.2, 0.25) is 0 Å². The zero-order valence-electron chi connectivity index (χ0n) is 19.0. The number of Topliss-reactive ketones (excluding diaryl/α,β-unsaturated/α-hetero) is 1. The molecule has 0 saturated carbocycles. The molecule has 0 heterocycles. The van der Waals surface area contributed by atoms with Crippen LogP contribution in [-0.4, -0.2) is 24.1 Å². The Morgan fingerprint density at radius 2 is 1.38 bits per heavy atom. The molecule has 1 rings (SSSR count). The van der Waals surface area contributed by atoms with E-state index in [1.54, 1.807) is 6.92 Å². The molecule has 0 aliphatic rings. The molecule has 0 aliphatic carbocycles. The highest BCUT2D eigenvalue weighted by Crippen LogP contribution is 2.18. The van der Waals surface area contributed by atoms with Gasteiger partial charge in [-0.05, 0) is 43.4 Å². The predicted octanol–water partition coefficient (Wildman–Crippen LogP) is 6.90. The third-order valence-electron chi connectivity index (χ3n) is 5.55. The summed E-state index contributed by atoms with van der Waals surface area (Å²) in [4.78, 5) is 11.2. The number of unbranched alkanes of at least 4 members (excludes halogenated alkanes) is 11. The van der Waals surface area contributed by atoms with E-state index < -0.39 is 0 Å². The molecule has 0 aromatic heterocycles. The Morgan fingerprint density at radius 1 is 0.862 bits per heavy atom. The van der Waals surface area contributed by atoms with Gasteiger partial charge in [0.25, 0.3) is 0 Å². The number of hydrogen-bond donors (Lipinski definition) is 1. The van der Waals surface area contributed by atoms with Crippen LogP contribution in [0.25, 0.3) is 0 Å². The Bertz CT molecular complexity index is 509. The average Bonchev–Trinajstić information content (AvgIpc) is 2.71. The van der Waals surface area contributed by atoms with Crippen LogP contribution in [0.1, 0.15) is 103 Å². The number of carbonyl (C=O) groups excluding carboxylic acids is 1. The standard InChI is InChI=1S/C26H44O3/c1-3-4-5-6-7-8-9-10-11-12-13-14-19-29-26-17-15-24(16-18-26)21-25(22-27)20-23(2)28/h15-18,25,27H,3-14,19-22H2,1-2H3. The second-order valence-electron chi connectivity index (χ2n) is 8.54. The summed E-state index contributed by atoms with van der Waals surface area (Å²) in [5.41, 5.74) is 1.14. The SMILES string of the molecule is CCCCCCCCCCCCCCOc1ccc(CC(CO)CC(C)=O)cc1. The maximum absolute atomic E-state index is 11.2. The average molecular weight is 405 g/mol. The Kier molecular flexibility index (Phi) is 15.5. The van der Waals surface area contributed by atoms with Crippen molar-refractivity contribution in [1.82, 2.24) is 0 Å². The number of benzene rings is 1. The fourth-order valence-electron chi connectivity index (χ4n) is 3.80. The second kappa shape index (κ2) is 17.5. The molecule has 0 bridgehead atoms. The summed E-state index contributed by atoms with van der Waals surface area (Å²) in [6, 6.07) is 8.08. The fraction of sp³-hybridized carbons (Fsp3) is 0.731. The van der Waals surface area contributed by atoms with Gasteiger partial charge in [-0.15, -0.1) is 0 Å². The topological polar surface area (TPSA) is 46.5 Å². The molecule has 166 valence electrons. The van der Waals surface area contributed by atoms with Crippen molar-refractivity contribution in [2.24, 2.45) is 5.92 Å². The first-order valence-electron chi connectivity index (χ1n) is 12.0. The monoisotopic (exact) mass is 404 g/mol. The molecule has 0 radical (unpaired) electrons. The number of ether oxygens (including phenoxy) is 1. The summed E-state index contributed by atoms with van der Waals surface area (Å²) in [7, 11) is 0. The quantitative estimate of drug-likeness (QED) is 0.255. The summed E-state index contributed by atoms with van der Waals surface area (Å²) in [6.07, 6.45) is 17.4. The Balaban J connectivity index is 2.01. The predicted molar refractivity (Wildman–Crippen MR) is 123 cm³/mol. The molecule has 0 aliphatic heterocycles. The molecule has 1 aromatic carbocycles. The lowest BCUT2D eigenvalue weighted by Crippen LogP contribution is -2.13. The van der Waals surface area contributed by atoms with E-state index >= 15 is 0 Å². The van der Waals surface area contributed by atoms with Gasteiger partial charge in [0.1, 0.15) is 11.5 Å². The first-order chi connectivity index (χ1) is 14.2. The van der Waals surface area contributed by atoms with Gasteiger partial charge < -0.3 is 14.6 Å². The van der Waals surface area contributed by atoms with Crippen molar-refractivity contribution in [1.29, 1.82) is 0 Å². The van der Waals surface area contributed by atoms with E-state index in [2.05, 4.69) is 6.92 Å². The molecule has 3 heteroatoms. The minimum Gasteiger partial charge on any atom is -0.494 e. The van der Waals surface area contributed by atoms with Crippen LogP contribution < -0.4 is 4.74 Å². The van der Waals surface area contributed by atoms with E-state index in [0.717, 1.165) is 30.8 Å². The highest BCUT2D eigenvalue weighted by Gasteiger charge is 2.11. The van der Waals surface area contributed by atoms with Gasteiger partial charge in [-0.2, -0.15) is 0 Å². The molecule has 0 saturated heterocycles. The van der Waals surface area contributed by atoms with Gasteiger partial charge in [-0.1, -0.05) is 89.7 Å². The van der Waals surface area contributed by atoms with Crippen LogP contribution in [0.2, 0.25) is 0 Å². The normalized spacial score (nSPS) is 12.1. The first-order valence-corrected chi connectivity index (χ1v) is 12.0. The van der Waals surface area contributed by atoms with Crippen LogP contribution in [-0.2, 0) is 11.2 Å². The van der Waals surface area contributed by atoms with Crippen LogP contribution in [0.3, 0.4) is 0 Å². The number of carbonyl (C=O) groups is 1. The maximum Gasteiger partial charge on any atom is 0.130 e. The Hall–Kier alpha value is -1.35. The van der Waals surface area contributed by atoms with Crippen molar-refractivity contribution < 1.29 is 14.6 Å². The zero-order chi connectivity index (χ0) is 21.2. The zero-order valence-corrected chi connectivity index (χ0v) is 19.0. The van der Waals surface area contributed by atoms with E-state index in [4.69, 9.17) is 4.74 Å². The summed E-state index contributed by atoms with van der Waals surface area (Å²) in [6.45, 7) is 4.68. The minimum absolute atomic E-state index is 0.0142. The van der Waals surface area contributed by atoms with Gasteiger partial charge in [0, 0.05) is 13.0 Å². The van der Waals surface area contributed by atoms with Crippen LogP contribution >= 0.6 is 0 Å². The molecule has 1 N–H and O–H groups in total. The van der Waals surface area contributed by atoms with Gasteiger partial charge in [-0.25, -0.2) is 0 Å². The largest absolute Gasteiger partial charge is 0.494 e. The fourth-order valence-corrected chi connectivity index (χ4v) is 3.80. The van der Waals surface area contributed by atoms with Crippen LogP contribution in [0.15, 0.2) is 24.3 Å². The van der Waals surface area contributed by atoms with Crippen molar-refractivity contribution in [2.45, 2.75) is 104 Å². The van der Waals surface area contributed by atoms with Gasteiger partial charge >= 0.3 is 0 Å². The van der Waals surface area contributed by atoms with Crippen molar-refractivity contribution in [3.8, 4) is 5.75 Å². The molecule has 0 amide bonds. The third-order valence-corrected chi connectivity index (χ3v) is 5.55. The summed E-state index contributed by atoms with van der Waals surface area (Å²) in [5, 5.41) is 9.40. The molecule has 0 fully saturated rings. The van der Waals surface area contributed by atoms with Crippen molar-refractivity contribution >= 4 is 5.78 Å². The molecular formula is C26H44O3. The van der Waals surface area contributed by atoms with Crippen molar-refractivity contribution in [3.63, 3.8) is 0 Å². The van der Waals surface area contributed by atoms with Crippen LogP contribution in [0.4, 0.5) is 0 Å². The van der Waals surface area contributed by atoms with Gasteiger partial charge in [0.15, 0.2) is 0 Å². The highest BCUT2D eigenvalue weighted by molar-refractivity contribution is 5.75. The van der Waals surface area contributed by atoms with E-state index in [-0.39, 0.29) is 18.3 Å². The lowest BCUT2D eigenvalue weighted by atomic mass is 9.95. The third kappa shape index (κ3) is 14.3. The van der Waals surface area contributed by atoms with E-state index in [9.17, 15) is 9.90 Å². The number of ketones is 1.